The normalized spacial score (nSPS) is 20.6. The Kier molecular flexibility index (Phi) is 5.40. The number of likely N-dealkylation sites (tertiary alicyclic amines) is 1. The predicted octanol–water partition coefficient (Wildman–Crippen LogP) is 3.02. The van der Waals surface area contributed by atoms with E-state index in [1.54, 1.807) is 0 Å². The molecule has 1 aliphatic rings. The second kappa shape index (κ2) is 7.03. The van der Waals surface area contributed by atoms with Crippen molar-refractivity contribution in [3.8, 4) is 0 Å². The van der Waals surface area contributed by atoms with Crippen LogP contribution in [0.25, 0.3) is 0 Å². The molecule has 1 saturated heterocycles. The van der Waals surface area contributed by atoms with Gasteiger partial charge in [-0.1, -0.05) is 11.6 Å². The van der Waals surface area contributed by atoms with E-state index in [4.69, 9.17) is 16.7 Å². The van der Waals surface area contributed by atoms with Crippen LogP contribution in [-0.4, -0.2) is 41.3 Å². The molecule has 0 aromatic heterocycles. The third kappa shape index (κ3) is 4.30. The lowest BCUT2D eigenvalue weighted by atomic mass is 9.96. The van der Waals surface area contributed by atoms with Crippen LogP contribution in [0, 0.1) is 23.5 Å². The molecule has 2 N–H and O–H groups in total. The van der Waals surface area contributed by atoms with E-state index in [1.165, 1.54) is 0 Å². The van der Waals surface area contributed by atoms with Crippen molar-refractivity contribution in [2.24, 2.45) is 11.8 Å². The van der Waals surface area contributed by atoms with E-state index in [0.717, 1.165) is 6.07 Å². The standard InChI is InChI=1S/C14H12ClF5N2O3/c15-9-2-10(16)6(1-11(9)17)3-21-13(25)22-4-7(12(23)24)8(5-22)14(18,19)20/h1-2,7-8H,3-5H2,(H,21,25)(H,23,24)/t7-,8-/m1/s1. The SMILES string of the molecule is O=C(O)[C@@H]1CN(C(=O)NCc2cc(F)c(Cl)cc2F)C[C@H]1C(F)(F)F. The molecule has 2 rings (SSSR count). The first kappa shape index (κ1) is 19.2. The Morgan fingerprint density at radius 1 is 1.24 bits per heavy atom. The molecule has 1 fully saturated rings. The number of nitrogens with zero attached hydrogens (tertiary/aromatic N) is 1. The van der Waals surface area contributed by atoms with Crippen molar-refractivity contribution in [1.82, 2.24) is 10.2 Å². The largest absolute Gasteiger partial charge is 0.481 e. The number of carbonyl (C=O) groups is 2. The Morgan fingerprint density at radius 3 is 2.40 bits per heavy atom. The Morgan fingerprint density at radius 2 is 1.88 bits per heavy atom. The van der Waals surface area contributed by atoms with Gasteiger partial charge in [0.05, 0.1) is 16.9 Å². The van der Waals surface area contributed by atoms with E-state index in [1.807, 2.05) is 0 Å². The van der Waals surface area contributed by atoms with Gasteiger partial charge in [-0.15, -0.1) is 0 Å². The Bertz CT molecular complexity index is 698. The van der Waals surface area contributed by atoms with Gasteiger partial charge in [0, 0.05) is 25.2 Å². The Balaban J connectivity index is 2.04. The number of hydrogen-bond acceptors (Lipinski definition) is 2. The molecule has 2 amide bonds. The van der Waals surface area contributed by atoms with E-state index in [9.17, 15) is 31.5 Å². The lowest BCUT2D eigenvalue weighted by Crippen LogP contribution is -2.39. The summed E-state index contributed by atoms with van der Waals surface area (Å²) in [5, 5.41) is 10.6. The van der Waals surface area contributed by atoms with Gasteiger partial charge in [-0.2, -0.15) is 13.2 Å². The lowest BCUT2D eigenvalue weighted by Gasteiger charge is -2.19. The highest BCUT2D eigenvalue weighted by Gasteiger charge is 2.53. The second-order valence-corrected chi connectivity index (χ2v) is 5.92. The van der Waals surface area contributed by atoms with Gasteiger partial charge in [0.15, 0.2) is 0 Å². The van der Waals surface area contributed by atoms with Gasteiger partial charge >= 0.3 is 18.2 Å². The molecule has 0 spiro atoms. The fraction of sp³-hybridized carbons (Fsp3) is 0.429. The number of aliphatic carboxylic acids is 1. The zero-order valence-corrected chi connectivity index (χ0v) is 13.2. The Hall–Kier alpha value is -2.10. The zero-order chi connectivity index (χ0) is 18.9. The minimum Gasteiger partial charge on any atom is -0.481 e. The number of carboxylic acids is 1. The summed E-state index contributed by atoms with van der Waals surface area (Å²) in [6.45, 7) is -1.96. The third-order valence-electron chi connectivity index (χ3n) is 3.86. The maximum absolute atomic E-state index is 13.6. The number of nitrogens with one attached hydrogen (secondary N) is 1. The number of carboxylic acid groups (broad SMARTS) is 1. The second-order valence-electron chi connectivity index (χ2n) is 5.51. The van der Waals surface area contributed by atoms with Gasteiger partial charge < -0.3 is 15.3 Å². The predicted molar refractivity (Wildman–Crippen MR) is 75.8 cm³/mol. The number of halogens is 6. The Labute approximate surface area is 143 Å². The molecule has 5 nitrogen and oxygen atoms in total. The summed E-state index contributed by atoms with van der Waals surface area (Å²) >= 11 is 5.38. The monoisotopic (exact) mass is 386 g/mol. The molecule has 25 heavy (non-hydrogen) atoms. The zero-order valence-electron chi connectivity index (χ0n) is 12.4. The van der Waals surface area contributed by atoms with Crippen LogP contribution < -0.4 is 5.32 Å². The maximum Gasteiger partial charge on any atom is 0.394 e. The van der Waals surface area contributed by atoms with Crippen molar-refractivity contribution < 1.29 is 36.6 Å². The fourth-order valence-corrected chi connectivity index (χ4v) is 2.68. The van der Waals surface area contributed by atoms with Crippen LogP contribution in [0.3, 0.4) is 0 Å². The summed E-state index contributed by atoms with van der Waals surface area (Å²) in [5.41, 5.74) is -0.253. The molecule has 0 bridgehead atoms. The summed E-state index contributed by atoms with van der Waals surface area (Å²) in [6, 6.07) is 0.447. The highest BCUT2D eigenvalue weighted by molar-refractivity contribution is 6.30. The molecule has 0 saturated carbocycles. The maximum atomic E-state index is 13.6. The number of urea groups is 1. The lowest BCUT2D eigenvalue weighted by molar-refractivity contribution is -0.187. The van der Waals surface area contributed by atoms with Crippen LogP contribution in [-0.2, 0) is 11.3 Å². The number of rotatable bonds is 3. The average Bonchev–Trinajstić information content (AvgIpc) is 2.95. The van der Waals surface area contributed by atoms with Crippen LogP contribution in [0.4, 0.5) is 26.7 Å². The molecule has 0 unspecified atom stereocenters. The number of carbonyl (C=O) groups excluding carboxylic acids is 1. The van der Waals surface area contributed by atoms with Gasteiger partial charge in [0.1, 0.15) is 11.6 Å². The van der Waals surface area contributed by atoms with E-state index < -0.39 is 66.3 Å². The fourth-order valence-electron chi connectivity index (χ4n) is 2.53. The van der Waals surface area contributed by atoms with E-state index in [-0.39, 0.29) is 5.56 Å². The highest BCUT2D eigenvalue weighted by Crippen LogP contribution is 2.37. The number of benzene rings is 1. The topological polar surface area (TPSA) is 69.6 Å². The first-order chi connectivity index (χ1) is 11.5. The van der Waals surface area contributed by atoms with Gasteiger partial charge in [0.25, 0.3) is 0 Å². The summed E-state index contributed by atoms with van der Waals surface area (Å²) in [6.07, 6.45) is -4.77. The van der Waals surface area contributed by atoms with Crippen LogP contribution in [0.15, 0.2) is 12.1 Å². The number of alkyl halides is 3. The van der Waals surface area contributed by atoms with E-state index >= 15 is 0 Å². The van der Waals surface area contributed by atoms with Crippen molar-refractivity contribution in [3.63, 3.8) is 0 Å². The van der Waals surface area contributed by atoms with Gasteiger partial charge in [-0.05, 0) is 12.1 Å². The molecule has 11 heteroatoms. The van der Waals surface area contributed by atoms with E-state index in [0.29, 0.717) is 11.0 Å². The first-order valence-corrected chi connectivity index (χ1v) is 7.34. The highest BCUT2D eigenvalue weighted by atomic mass is 35.5. The van der Waals surface area contributed by atoms with Gasteiger partial charge in [-0.3, -0.25) is 4.79 Å². The van der Waals surface area contributed by atoms with Crippen LogP contribution in [0.5, 0.6) is 0 Å². The van der Waals surface area contributed by atoms with Gasteiger partial charge in [0.2, 0.25) is 0 Å². The number of amides is 2. The van der Waals surface area contributed by atoms with Crippen molar-refractivity contribution in [2.45, 2.75) is 12.7 Å². The molecule has 1 aromatic carbocycles. The molecule has 0 aliphatic carbocycles. The smallest absolute Gasteiger partial charge is 0.394 e. The van der Waals surface area contributed by atoms with Crippen molar-refractivity contribution >= 4 is 23.6 Å². The summed E-state index contributed by atoms with van der Waals surface area (Å²) in [4.78, 5) is 23.6. The van der Waals surface area contributed by atoms with Crippen LogP contribution >= 0.6 is 11.6 Å². The molecular weight excluding hydrogens is 375 g/mol. The average molecular weight is 387 g/mol. The molecule has 1 heterocycles. The number of hydrogen-bond donors (Lipinski definition) is 2. The summed E-state index contributed by atoms with van der Waals surface area (Å²) < 4.78 is 65.5. The minimum absolute atomic E-state index is 0.253. The molecule has 138 valence electrons. The molecule has 1 aromatic rings. The summed E-state index contributed by atoms with van der Waals surface area (Å²) in [7, 11) is 0. The molecule has 2 atom stereocenters. The first-order valence-electron chi connectivity index (χ1n) is 6.96. The van der Waals surface area contributed by atoms with Crippen molar-refractivity contribution in [3.05, 3.63) is 34.4 Å². The van der Waals surface area contributed by atoms with Crippen LogP contribution in [0.1, 0.15) is 5.56 Å². The molecule has 0 radical (unpaired) electrons. The molecule has 1 aliphatic heterocycles. The molecular formula is C14H12ClF5N2O3. The van der Waals surface area contributed by atoms with Crippen molar-refractivity contribution in [1.29, 1.82) is 0 Å². The van der Waals surface area contributed by atoms with Crippen LogP contribution in [0.2, 0.25) is 5.02 Å². The van der Waals surface area contributed by atoms with E-state index in [2.05, 4.69) is 5.32 Å². The van der Waals surface area contributed by atoms with Crippen molar-refractivity contribution in [2.75, 3.05) is 13.1 Å². The quantitative estimate of drug-likeness (QED) is 0.620. The van der Waals surface area contributed by atoms with Gasteiger partial charge in [-0.25, -0.2) is 13.6 Å². The summed E-state index contributed by atoms with van der Waals surface area (Å²) in [5.74, 6) is -7.46. The minimum atomic E-state index is -4.77. The third-order valence-corrected chi connectivity index (χ3v) is 4.15.